The summed E-state index contributed by atoms with van der Waals surface area (Å²) in [6.07, 6.45) is 0. The Bertz CT molecular complexity index is 1080. The van der Waals surface area contributed by atoms with Crippen LogP contribution in [0.4, 0.5) is 4.39 Å². The van der Waals surface area contributed by atoms with Crippen molar-refractivity contribution in [3.63, 3.8) is 0 Å². The number of hydrogen-bond acceptors (Lipinski definition) is 5. The van der Waals surface area contributed by atoms with Gasteiger partial charge < -0.3 is 9.47 Å². The second-order valence-electron chi connectivity index (χ2n) is 5.95. The number of pyridine rings is 1. The minimum atomic E-state index is -0.536. The van der Waals surface area contributed by atoms with Crippen LogP contribution in [0.15, 0.2) is 42.5 Å². The Balaban J connectivity index is 1.53. The van der Waals surface area contributed by atoms with E-state index in [1.165, 1.54) is 24.3 Å². The fourth-order valence-electron chi connectivity index (χ4n) is 2.81. The molecule has 136 valence electrons. The number of amides is 2. The highest BCUT2D eigenvalue weighted by molar-refractivity contribution is 6.07. The average molecular weight is 367 g/mol. The third-order valence-corrected chi connectivity index (χ3v) is 4.07. The van der Waals surface area contributed by atoms with Crippen LogP contribution in [0, 0.1) is 12.7 Å². The van der Waals surface area contributed by atoms with Gasteiger partial charge in [-0.05, 0) is 43.3 Å². The molecule has 8 heteroatoms. The number of hydrazine groups is 1. The fraction of sp³-hybridized carbons (Fsp3) is 0.105. The molecule has 0 aliphatic carbocycles. The van der Waals surface area contributed by atoms with E-state index in [0.717, 1.165) is 0 Å². The van der Waals surface area contributed by atoms with Gasteiger partial charge in [-0.15, -0.1) is 0 Å². The minimum absolute atomic E-state index is 0.103. The number of nitrogens with one attached hydrogen (secondary N) is 2. The van der Waals surface area contributed by atoms with Crippen LogP contribution in [0.25, 0.3) is 10.9 Å². The van der Waals surface area contributed by atoms with Gasteiger partial charge in [-0.3, -0.25) is 25.4 Å². The van der Waals surface area contributed by atoms with Gasteiger partial charge in [-0.1, -0.05) is 0 Å². The maximum atomic E-state index is 13.4. The Labute approximate surface area is 153 Å². The Hall–Kier alpha value is -3.68. The van der Waals surface area contributed by atoms with Crippen LogP contribution in [-0.2, 0) is 0 Å². The lowest BCUT2D eigenvalue weighted by Crippen LogP contribution is -2.41. The molecule has 1 aliphatic rings. The number of carbonyl (C=O) groups is 2. The summed E-state index contributed by atoms with van der Waals surface area (Å²) in [4.78, 5) is 29.0. The first kappa shape index (κ1) is 16.8. The van der Waals surface area contributed by atoms with E-state index in [1.807, 2.05) is 0 Å². The molecule has 0 fully saturated rings. The van der Waals surface area contributed by atoms with Crippen molar-refractivity contribution in [2.75, 3.05) is 6.79 Å². The molecule has 0 atom stereocenters. The SMILES string of the molecule is Cc1cc(C(=O)NNC(=O)c2ccc3c(c2)OCO3)c2ccc(F)cc2n1. The lowest BCUT2D eigenvalue weighted by Gasteiger charge is -2.10. The molecule has 2 heterocycles. The second kappa shape index (κ2) is 6.56. The van der Waals surface area contributed by atoms with E-state index < -0.39 is 17.6 Å². The Morgan fingerprint density at radius 1 is 1.00 bits per heavy atom. The molecule has 0 unspecified atom stereocenters. The van der Waals surface area contributed by atoms with Crippen molar-refractivity contribution in [1.29, 1.82) is 0 Å². The number of fused-ring (bicyclic) bond motifs is 2. The van der Waals surface area contributed by atoms with Gasteiger partial charge in [-0.25, -0.2) is 4.39 Å². The number of nitrogens with zero attached hydrogens (tertiary/aromatic N) is 1. The van der Waals surface area contributed by atoms with E-state index in [-0.39, 0.29) is 12.4 Å². The zero-order chi connectivity index (χ0) is 19.0. The van der Waals surface area contributed by atoms with Crippen molar-refractivity contribution in [1.82, 2.24) is 15.8 Å². The van der Waals surface area contributed by atoms with Gasteiger partial charge in [0.2, 0.25) is 6.79 Å². The van der Waals surface area contributed by atoms with E-state index in [9.17, 15) is 14.0 Å². The summed E-state index contributed by atoms with van der Waals surface area (Å²) in [6.45, 7) is 1.80. The molecule has 0 bridgehead atoms. The molecule has 4 rings (SSSR count). The Morgan fingerprint density at radius 2 is 1.78 bits per heavy atom. The largest absolute Gasteiger partial charge is 0.454 e. The highest BCUT2D eigenvalue weighted by Crippen LogP contribution is 2.32. The topological polar surface area (TPSA) is 89.6 Å². The second-order valence-corrected chi connectivity index (χ2v) is 5.95. The normalized spacial score (nSPS) is 12.1. The molecule has 0 saturated carbocycles. The van der Waals surface area contributed by atoms with Crippen molar-refractivity contribution >= 4 is 22.7 Å². The summed E-state index contributed by atoms with van der Waals surface area (Å²) in [6, 6.07) is 10.3. The fourth-order valence-corrected chi connectivity index (χ4v) is 2.81. The number of halogens is 1. The van der Waals surface area contributed by atoms with Crippen LogP contribution >= 0.6 is 0 Å². The smallest absolute Gasteiger partial charge is 0.270 e. The number of aryl methyl sites for hydroxylation is 1. The summed E-state index contributed by atoms with van der Waals surface area (Å²) >= 11 is 0. The van der Waals surface area contributed by atoms with Crippen molar-refractivity contribution in [3.8, 4) is 11.5 Å². The lowest BCUT2D eigenvalue weighted by molar-refractivity contribution is 0.0847. The Morgan fingerprint density at radius 3 is 2.63 bits per heavy atom. The molecule has 7 nitrogen and oxygen atoms in total. The maximum absolute atomic E-state index is 13.4. The molecular formula is C19H14FN3O4. The summed E-state index contributed by atoms with van der Waals surface area (Å²) in [7, 11) is 0. The average Bonchev–Trinajstić information content (AvgIpc) is 3.12. The molecule has 0 saturated heterocycles. The molecule has 2 N–H and O–H groups in total. The monoisotopic (exact) mass is 367 g/mol. The molecule has 2 aromatic carbocycles. The van der Waals surface area contributed by atoms with Crippen LogP contribution in [0.2, 0.25) is 0 Å². The number of aromatic nitrogens is 1. The minimum Gasteiger partial charge on any atom is -0.454 e. The van der Waals surface area contributed by atoms with Crippen molar-refractivity contribution in [2.24, 2.45) is 0 Å². The predicted molar refractivity (Wildman–Crippen MR) is 93.9 cm³/mol. The van der Waals surface area contributed by atoms with Crippen molar-refractivity contribution in [3.05, 3.63) is 65.1 Å². The third-order valence-electron chi connectivity index (χ3n) is 4.07. The molecule has 1 aliphatic heterocycles. The highest BCUT2D eigenvalue weighted by Gasteiger charge is 2.17. The van der Waals surface area contributed by atoms with Crippen LogP contribution in [0.1, 0.15) is 26.4 Å². The van der Waals surface area contributed by atoms with E-state index in [1.54, 1.807) is 25.1 Å². The molecule has 27 heavy (non-hydrogen) atoms. The van der Waals surface area contributed by atoms with Crippen molar-refractivity contribution in [2.45, 2.75) is 6.92 Å². The van der Waals surface area contributed by atoms with E-state index in [4.69, 9.17) is 9.47 Å². The number of benzene rings is 2. The third kappa shape index (κ3) is 3.24. The van der Waals surface area contributed by atoms with Crippen LogP contribution in [-0.4, -0.2) is 23.6 Å². The van der Waals surface area contributed by atoms with Gasteiger partial charge >= 0.3 is 0 Å². The van der Waals surface area contributed by atoms with Gasteiger partial charge in [0.25, 0.3) is 11.8 Å². The van der Waals surface area contributed by atoms with E-state index >= 15 is 0 Å². The van der Waals surface area contributed by atoms with Gasteiger partial charge in [0.15, 0.2) is 11.5 Å². The van der Waals surface area contributed by atoms with E-state index in [0.29, 0.717) is 33.7 Å². The molecule has 0 radical (unpaired) electrons. The number of ether oxygens (including phenoxy) is 2. The summed E-state index contributed by atoms with van der Waals surface area (Å²) in [5.41, 5.74) is 6.22. The van der Waals surface area contributed by atoms with E-state index in [2.05, 4.69) is 15.8 Å². The zero-order valence-electron chi connectivity index (χ0n) is 14.2. The Kier molecular flexibility index (Phi) is 4.08. The lowest BCUT2D eigenvalue weighted by atomic mass is 10.1. The summed E-state index contributed by atoms with van der Waals surface area (Å²) in [5.74, 6) is -0.467. The number of carbonyl (C=O) groups excluding carboxylic acids is 2. The van der Waals surface area contributed by atoms with Gasteiger partial charge in [-0.2, -0.15) is 0 Å². The molecule has 1 aromatic heterocycles. The first-order valence-electron chi connectivity index (χ1n) is 8.08. The molecule has 2 amide bonds. The standard InChI is InChI=1S/C19H14FN3O4/c1-10-6-14(13-4-3-12(20)8-15(13)21-10)19(25)23-22-18(24)11-2-5-16-17(7-11)27-9-26-16/h2-8H,9H2,1H3,(H,22,24)(H,23,25). The van der Waals surface area contributed by atoms with Gasteiger partial charge in [0.05, 0.1) is 11.1 Å². The predicted octanol–water partition coefficient (Wildman–Crippen LogP) is 2.49. The van der Waals surface area contributed by atoms with Crippen LogP contribution in [0.5, 0.6) is 11.5 Å². The summed E-state index contributed by atoms with van der Waals surface area (Å²) in [5, 5.41) is 0.483. The quantitative estimate of drug-likeness (QED) is 0.680. The highest BCUT2D eigenvalue weighted by atomic mass is 19.1. The number of rotatable bonds is 2. The van der Waals surface area contributed by atoms with Crippen LogP contribution < -0.4 is 20.3 Å². The molecular weight excluding hydrogens is 353 g/mol. The number of hydrogen-bond donors (Lipinski definition) is 2. The van der Waals surface area contributed by atoms with Crippen LogP contribution in [0.3, 0.4) is 0 Å². The first-order valence-corrected chi connectivity index (χ1v) is 8.08. The van der Waals surface area contributed by atoms with Gasteiger partial charge in [0.1, 0.15) is 5.82 Å². The molecule has 3 aromatic rings. The first-order chi connectivity index (χ1) is 13.0. The summed E-state index contributed by atoms with van der Waals surface area (Å²) < 4.78 is 23.8. The van der Waals surface area contributed by atoms with Crippen molar-refractivity contribution < 1.29 is 23.5 Å². The zero-order valence-corrected chi connectivity index (χ0v) is 14.2. The molecule has 0 spiro atoms. The van der Waals surface area contributed by atoms with Gasteiger partial charge in [0, 0.05) is 22.7 Å². The maximum Gasteiger partial charge on any atom is 0.270 e.